The third-order valence-electron chi connectivity index (χ3n) is 2.93. The largest absolute Gasteiger partial charge is 0.271 e. The summed E-state index contributed by atoms with van der Waals surface area (Å²) in [6.07, 6.45) is 3.15. The molecule has 0 amide bonds. The van der Waals surface area contributed by atoms with Crippen molar-refractivity contribution in [2.24, 2.45) is 5.84 Å². The lowest BCUT2D eigenvalue weighted by molar-refractivity contribution is 0.506. The molecule has 2 rings (SSSR count). The van der Waals surface area contributed by atoms with Gasteiger partial charge in [0.25, 0.3) is 0 Å². The lowest BCUT2D eigenvalue weighted by Crippen LogP contribution is -2.31. The minimum Gasteiger partial charge on any atom is -0.271 e. The van der Waals surface area contributed by atoms with Crippen molar-refractivity contribution in [1.29, 1.82) is 0 Å². The fourth-order valence-electron chi connectivity index (χ4n) is 1.91. The van der Waals surface area contributed by atoms with E-state index in [1.165, 1.54) is 12.1 Å². The Balaban J connectivity index is 2.61. The fraction of sp³-hybridized carbons (Fsp3) is 0.154. The SMILES string of the molecule is Cc1ccncc1C(NN)c1c(F)ccc(Br)c1F. The summed E-state index contributed by atoms with van der Waals surface area (Å²) < 4.78 is 28.2. The number of hydrazine groups is 1. The van der Waals surface area contributed by atoms with Crippen LogP contribution in [0.25, 0.3) is 0 Å². The van der Waals surface area contributed by atoms with Gasteiger partial charge in [-0.1, -0.05) is 0 Å². The molecule has 0 aliphatic carbocycles. The van der Waals surface area contributed by atoms with Crippen LogP contribution in [0.5, 0.6) is 0 Å². The zero-order valence-corrected chi connectivity index (χ0v) is 11.7. The van der Waals surface area contributed by atoms with Gasteiger partial charge in [0.1, 0.15) is 11.6 Å². The molecule has 3 nitrogen and oxygen atoms in total. The van der Waals surface area contributed by atoms with Crippen LogP contribution in [-0.4, -0.2) is 4.98 Å². The molecule has 3 N–H and O–H groups in total. The highest BCUT2D eigenvalue weighted by molar-refractivity contribution is 9.10. The van der Waals surface area contributed by atoms with Gasteiger partial charge in [0.05, 0.1) is 10.5 Å². The normalized spacial score (nSPS) is 12.5. The summed E-state index contributed by atoms with van der Waals surface area (Å²) in [5, 5.41) is 0. The molecule has 0 saturated heterocycles. The van der Waals surface area contributed by atoms with Crippen LogP contribution in [0.1, 0.15) is 22.7 Å². The van der Waals surface area contributed by atoms with Gasteiger partial charge in [0.2, 0.25) is 0 Å². The Morgan fingerprint density at radius 2 is 2.05 bits per heavy atom. The van der Waals surface area contributed by atoms with Crippen molar-refractivity contribution in [2.45, 2.75) is 13.0 Å². The van der Waals surface area contributed by atoms with Crippen LogP contribution in [-0.2, 0) is 0 Å². The summed E-state index contributed by atoms with van der Waals surface area (Å²) in [5.41, 5.74) is 3.78. The van der Waals surface area contributed by atoms with E-state index in [0.717, 1.165) is 5.56 Å². The Hall–Kier alpha value is -1.37. The molecule has 2 aromatic rings. The van der Waals surface area contributed by atoms with Gasteiger partial charge in [-0.2, -0.15) is 0 Å². The summed E-state index contributed by atoms with van der Waals surface area (Å²) in [7, 11) is 0. The van der Waals surface area contributed by atoms with E-state index in [4.69, 9.17) is 5.84 Å². The van der Waals surface area contributed by atoms with Crippen molar-refractivity contribution in [3.63, 3.8) is 0 Å². The van der Waals surface area contributed by atoms with Gasteiger partial charge in [-0.3, -0.25) is 10.8 Å². The molecule has 1 aromatic heterocycles. The second-order valence-corrected chi connectivity index (χ2v) is 4.94. The van der Waals surface area contributed by atoms with E-state index in [9.17, 15) is 8.78 Å². The first-order valence-electron chi connectivity index (χ1n) is 5.56. The van der Waals surface area contributed by atoms with Crippen molar-refractivity contribution >= 4 is 15.9 Å². The zero-order chi connectivity index (χ0) is 14.0. The Bertz CT molecular complexity index is 604. The maximum atomic E-state index is 14.1. The minimum atomic E-state index is -0.800. The molecule has 1 atom stereocenters. The predicted octanol–water partition coefficient (Wildman–Crippen LogP) is 2.98. The van der Waals surface area contributed by atoms with Crippen LogP contribution in [0.3, 0.4) is 0 Å². The van der Waals surface area contributed by atoms with Crippen molar-refractivity contribution in [1.82, 2.24) is 10.4 Å². The first kappa shape index (κ1) is 14.0. The smallest absolute Gasteiger partial charge is 0.145 e. The number of nitrogens with two attached hydrogens (primary N) is 1. The van der Waals surface area contributed by atoms with Gasteiger partial charge in [-0.15, -0.1) is 0 Å². The van der Waals surface area contributed by atoms with Crippen molar-refractivity contribution in [2.75, 3.05) is 0 Å². The second-order valence-electron chi connectivity index (χ2n) is 4.09. The van der Waals surface area contributed by atoms with Gasteiger partial charge in [-0.05, 0) is 52.2 Å². The third kappa shape index (κ3) is 2.65. The van der Waals surface area contributed by atoms with E-state index in [2.05, 4.69) is 26.3 Å². The number of hydrogen-bond acceptors (Lipinski definition) is 3. The lowest BCUT2D eigenvalue weighted by Gasteiger charge is -2.20. The third-order valence-corrected chi connectivity index (χ3v) is 3.54. The maximum absolute atomic E-state index is 14.1. The quantitative estimate of drug-likeness (QED) is 0.517. The number of rotatable bonds is 3. The number of pyridine rings is 1. The molecule has 1 unspecified atom stereocenters. The number of halogens is 3. The van der Waals surface area contributed by atoms with Crippen LogP contribution in [0.2, 0.25) is 0 Å². The topological polar surface area (TPSA) is 50.9 Å². The number of hydrogen-bond donors (Lipinski definition) is 2. The second kappa shape index (κ2) is 5.73. The summed E-state index contributed by atoms with van der Waals surface area (Å²) in [4.78, 5) is 3.97. The van der Waals surface area contributed by atoms with E-state index >= 15 is 0 Å². The Labute approximate surface area is 117 Å². The average molecular weight is 328 g/mol. The zero-order valence-electron chi connectivity index (χ0n) is 10.1. The molecule has 100 valence electrons. The minimum absolute atomic E-state index is 0.132. The summed E-state index contributed by atoms with van der Waals surface area (Å²) in [6, 6.07) is 3.47. The molecular formula is C13H12BrF2N3. The van der Waals surface area contributed by atoms with Crippen LogP contribution in [0.15, 0.2) is 35.1 Å². The van der Waals surface area contributed by atoms with Crippen molar-refractivity contribution in [3.05, 3.63) is 63.4 Å². The van der Waals surface area contributed by atoms with Gasteiger partial charge >= 0.3 is 0 Å². The van der Waals surface area contributed by atoms with E-state index in [0.29, 0.717) is 5.56 Å². The van der Waals surface area contributed by atoms with Crippen molar-refractivity contribution < 1.29 is 8.78 Å². The molecule has 0 bridgehead atoms. The summed E-state index contributed by atoms with van der Waals surface area (Å²) in [5.74, 6) is 4.13. The van der Waals surface area contributed by atoms with Gasteiger partial charge in [0.15, 0.2) is 0 Å². The fourth-order valence-corrected chi connectivity index (χ4v) is 2.26. The number of aromatic nitrogens is 1. The first-order valence-corrected chi connectivity index (χ1v) is 6.35. The highest BCUT2D eigenvalue weighted by Crippen LogP contribution is 2.31. The molecule has 0 aliphatic heterocycles. The number of nitrogens with zero attached hydrogens (tertiary/aromatic N) is 1. The number of nitrogens with one attached hydrogen (secondary N) is 1. The molecule has 0 spiro atoms. The van der Waals surface area contributed by atoms with Crippen molar-refractivity contribution in [3.8, 4) is 0 Å². The Morgan fingerprint density at radius 1 is 1.32 bits per heavy atom. The van der Waals surface area contributed by atoms with E-state index < -0.39 is 17.7 Å². The summed E-state index contributed by atoms with van der Waals surface area (Å²) in [6.45, 7) is 1.83. The Kier molecular flexibility index (Phi) is 4.24. The highest BCUT2D eigenvalue weighted by atomic mass is 79.9. The molecule has 0 fully saturated rings. The van der Waals surface area contributed by atoms with E-state index in [1.807, 2.05) is 6.92 Å². The molecule has 1 heterocycles. The van der Waals surface area contributed by atoms with Crippen LogP contribution in [0, 0.1) is 18.6 Å². The highest BCUT2D eigenvalue weighted by Gasteiger charge is 2.24. The monoisotopic (exact) mass is 327 g/mol. The maximum Gasteiger partial charge on any atom is 0.145 e. The molecular weight excluding hydrogens is 316 g/mol. The molecule has 6 heteroatoms. The van der Waals surface area contributed by atoms with Gasteiger partial charge in [0, 0.05) is 18.0 Å². The molecule has 1 aromatic carbocycles. The lowest BCUT2D eigenvalue weighted by atomic mass is 9.96. The molecule has 0 aliphatic rings. The van der Waals surface area contributed by atoms with Gasteiger partial charge < -0.3 is 0 Å². The van der Waals surface area contributed by atoms with E-state index in [-0.39, 0.29) is 10.0 Å². The number of benzene rings is 1. The first-order chi connectivity index (χ1) is 9.06. The predicted molar refractivity (Wildman–Crippen MR) is 72.2 cm³/mol. The van der Waals surface area contributed by atoms with Crippen LogP contribution in [0.4, 0.5) is 8.78 Å². The molecule has 0 radical (unpaired) electrons. The van der Waals surface area contributed by atoms with Crippen LogP contribution >= 0.6 is 15.9 Å². The average Bonchev–Trinajstić information content (AvgIpc) is 2.40. The van der Waals surface area contributed by atoms with E-state index in [1.54, 1.807) is 18.5 Å². The number of aryl methyl sites for hydroxylation is 1. The van der Waals surface area contributed by atoms with Gasteiger partial charge in [-0.25, -0.2) is 14.2 Å². The summed E-state index contributed by atoms with van der Waals surface area (Å²) >= 11 is 3.04. The Morgan fingerprint density at radius 3 is 2.68 bits per heavy atom. The standard InChI is InChI=1S/C13H12BrF2N3/c1-7-4-5-18-6-8(7)13(19-17)11-10(15)3-2-9(14)12(11)16/h2-6,13,19H,17H2,1H3. The molecule has 19 heavy (non-hydrogen) atoms. The molecule has 0 saturated carbocycles. The van der Waals surface area contributed by atoms with Crippen LogP contribution < -0.4 is 11.3 Å².